The molecule has 0 bridgehead atoms. The Morgan fingerprint density at radius 2 is 1.76 bits per heavy atom. The molecule has 5 rings (SSSR count). The number of piperidine rings is 1. The third kappa shape index (κ3) is 8.82. The lowest BCUT2D eigenvalue weighted by molar-refractivity contribution is -0.253. The van der Waals surface area contributed by atoms with E-state index in [-0.39, 0.29) is 32.0 Å². The highest BCUT2D eigenvalue weighted by Crippen LogP contribution is 2.40. The first-order valence-corrected chi connectivity index (χ1v) is 15.6. The fraction of sp³-hybridized carbons (Fsp3) is 0.412. The van der Waals surface area contributed by atoms with Crippen molar-refractivity contribution in [3.63, 3.8) is 0 Å². The summed E-state index contributed by atoms with van der Waals surface area (Å²) >= 11 is 6.06. The number of hydrogen-bond donors (Lipinski definition) is 4. The highest BCUT2D eigenvalue weighted by molar-refractivity contribution is 6.30. The van der Waals surface area contributed by atoms with Gasteiger partial charge < -0.3 is 40.0 Å². The number of nitrogens with one attached hydrogen (secondary N) is 2. The summed E-state index contributed by atoms with van der Waals surface area (Å²) in [5.41, 5.74) is 3.03. The highest BCUT2D eigenvalue weighted by Gasteiger charge is 2.37. The van der Waals surface area contributed by atoms with Gasteiger partial charge >= 0.3 is 12.0 Å². The van der Waals surface area contributed by atoms with Crippen molar-refractivity contribution in [1.29, 1.82) is 0 Å². The summed E-state index contributed by atoms with van der Waals surface area (Å²) < 4.78 is 17.8. The summed E-state index contributed by atoms with van der Waals surface area (Å²) in [5, 5.41) is 26.7. The largest absolute Gasteiger partial charge is 0.465 e. The SMILES string of the molecule is CCOC(=O)CNC(=O)Nc1cccc([C@@H]2O[C@H](CN3CCC(O)(c4ccc(Cl)cc4)CC3)C[C@H](c3ccc(CO)cc3)O2)c1. The van der Waals surface area contributed by atoms with Gasteiger partial charge in [0.1, 0.15) is 6.54 Å². The number of aliphatic hydroxyl groups is 2. The summed E-state index contributed by atoms with van der Waals surface area (Å²) in [6.45, 7) is 3.75. The number of likely N-dealkylation sites (tertiary alicyclic amines) is 1. The number of nitrogens with zero attached hydrogens (tertiary/aromatic N) is 1. The minimum Gasteiger partial charge on any atom is -0.465 e. The molecule has 0 radical (unpaired) electrons. The third-order valence-electron chi connectivity index (χ3n) is 8.26. The van der Waals surface area contributed by atoms with Gasteiger partial charge in [0.15, 0.2) is 6.29 Å². The van der Waals surface area contributed by atoms with Crippen molar-refractivity contribution in [2.24, 2.45) is 0 Å². The van der Waals surface area contributed by atoms with Crippen molar-refractivity contribution in [3.05, 3.63) is 100 Å². The van der Waals surface area contributed by atoms with Crippen molar-refractivity contribution in [2.45, 2.75) is 56.9 Å². The molecule has 2 saturated heterocycles. The molecule has 45 heavy (non-hydrogen) atoms. The van der Waals surface area contributed by atoms with E-state index in [1.807, 2.05) is 54.6 Å². The Hall–Kier alpha value is -3.51. The molecular formula is C34H40ClN3O7. The Labute approximate surface area is 268 Å². The van der Waals surface area contributed by atoms with Gasteiger partial charge in [0.2, 0.25) is 0 Å². The lowest BCUT2D eigenvalue weighted by Gasteiger charge is -2.42. The molecule has 11 heteroatoms. The van der Waals surface area contributed by atoms with E-state index < -0.39 is 23.9 Å². The van der Waals surface area contributed by atoms with Gasteiger partial charge in [0.25, 0.3) is 0 Å². The van der Waals surface area contributed by atoms with Gasteiger partial charge in [0.05, 0.1) is 31.0 Å². The monoisotopic (exact) mass is 637 g/mol. The first kappa shape index (κ1) is 32.9. The maximum Gasteiger partial charge on any atom is 0.325 e. The summed E-state index contributed by atoms with van der Waals surface area (Å²) in [5.74, 6) is -0.516. The summed E-state index contributed by atoms with van der Waals surface area (Å²) in [6, 6.07) is 21.8. The molecule has 0 spiro atoms. The second-order valence-corrected chi connectivity index (χ2v) is 11.9. The van der Waals surface area contributed by atoms with Crippen molar-refractivity contribution in [3.8, 4) is 0 Å². The summed E-state index contributed by atoms with van der Waals surface area (Å²) in [6.07, 6.45) is 0.685. The Kier molecular flexibility index (Phi) is 11.1. The number of ether oxygens (including phenoxy) is 3. The number of carbonyl (C=O) groups excluding carboxylic acids is 2. The zero-order chi connectivity index (χ0) is 31.8. The lowest BCUT2D eigenvalue weighted by Crippen LogP contribution is -2.46. The number of anilines is 1. The minimum absolute atomic E-state index is 0.0371. The van der Waals surface area contributed by atoms with E-state index in [0.717, 1.165) is 22.3 Å². The van der Waals surface area contributed by atoms with Gasteiger partial charge in [-0.15, -0.1) is 0 Å². The predicted molar refractivity (Wildman–Crippen MR) is 170 cm³/mol. The molecule has 2 aliphatic rings. The number of urea groups is 1. The second-order valence-electron chi connectivity index (χ2n) is 11.4. The van der Waals surface area contributed by atoms with Crippen LogP contribution in [-0.4, -0.2) is 66.0 Å². The van der Waals surface area contributed by atoms with E-state index in [0.29, 0.717) is 49.6 Å². The van der Waals surface area contributed by atoms with Crippen LogP contribution in [0.4, 0.5) is 10.5 Å². The molecule has 3 aromatic carbocycles. The van der Waals surface area contributed by atoms with Gasteiger partial charge in [-0.3, -0.25) is 4.79 Å². The van der Waals surface area contributed by atoms with E-state index in [1.54, 1.807) is 25.1 Å². The molecule has 2 heterocycles. The van der Waals surface area contributed by atoms with Gasteiger partial charge in [-0.05, 0) is 60.7 Å². The fourth-order valence-electron chi connectivity index (χ4n) is 5.78. The second kappa shape index (κ2) is 15.2. The van der Waals surface area contributed by atoms with E-state index in [2.05, 4.69) is 15.5 Å². The van der Waals surface area contributed by atoms with Crippen LogP contribution in [0.25, 0.3) is 0 Å². The number of rotatable bonds is 10. The standard InChI is InChI=1S/C34H40ClN3O7/c1-2-43-31(40)20-36-33(41)37-28-5-3-4-25(18-28)32-44-29(19-30(45-32)24-8-6-23(22-39)7-9-24)21-38-16-14-34(42,15-17-38)26-10-12-27(35)13-11-26/h3-13,18,29-30,32,39,42H,2,14-17,19-22H2,1H3,(H2,36,37,41)/t29-,30+,32+/m0/s1. The van der Waals surface area contributed by atoms with Gasteiger partial charge in [-0.25, -0.2) is 4.79 Å². The molecule has 0 aromatic heterocycles. The zero-order valence-electron chi connectivity index (χ0n) is 25.3. The predicted octanol–water partition coefficient (Wildman–Crippen LogP) is 5.05. The smallest absolute Gasteiger partial charge is 0.325 e. The molecule has 4 N–H and O–H groups in total. The fourth-order valence-corrected chi connectivity index (χ4v) is 5.90. The molecule has 0 saturated carbocycles. The van der Waals surface area contributed by atoms with Crippen LogP contribution in [0, 0.1) is 0 Å². The normalized spacial score (nSPS) is 21.6. The van der Waals surface area contributed by atoms with Crippen LogP contribution in [0.3, 0.4) is 0 Å². The maximum atomic E-state index is 12.4. The highest BCUT2D eigenvalue weighted by atomic mass is 35.5. The van der Waals surface area contributed by atoms with E-state index in [4.69, 9.17) is 25.8 Å². The van der Waals surface area contributed by atoms with Crippen molar-refractivity contribution in [1.82, 2.24) is 10.2 Å². The Balaban J connectivity index is 1.27. The van der Waals surface area contributed by atoms with E-state index in [1.165, 1.54) is 0 Å². The quantitative estimate of drug-likeness (QED) is 0.228. The van der Waals surface area contributed by atoms with E-state index >= 15 is 0 Å². The van der Waals surface area contributed by atoms with E-state index in [9.17, 15) is 19.8 Å². The Morgan fingerprint density at radius 3 is 2.44 bits per heavy atom. The Bertz CT molecular complexity index is 1430. The number of halogens is 1. The molecule has 240 valence electrons. The van der Waals surface area contributed by atoms with Crippen LogP contribution < -0.4 is 10.6 Å². The van der Waals surface area contributed by atoms with Crippen molar-refractivity contribution >= 4 is 29.3 Å². The molecule has 2 amide bonds. The first-order chi connectivity index (χ1) is 21.7. The van der Waals surface area contributed by atoms with Gasteiger partial charge in [-0.2, -0.15) is 0 Å². The molecule has 3 aromatic rings. The maximum absolute atomic E-state index is 12.4. The molecule has 0 aliphatic carbocycles. The first-order valence-electron chi connectivity index (χ1n) is 15.3. The van der Waals surface area contributed by atoms with Crippen LogP contribution in [0.5, 0.6) is 0 Å². The molecule has 2 fully saturated rings. The van der Waals surface area contributed by atoms with Crippen LogP contribution >= 0.6 is 11.6 Å². The lowest BCUT2D eigenvalue weighted by atomic mass is 9.84. The summed E-state index contributed by atoms with van der Waals surface area (Å²) in [7, 11) is 0. The zero-order valence-corrected chi connectivity index (χ0v) is 26.0. The van der Waals surface area contributed by atoms with Crippen LogP contribution in [0.15, 0.2) is 72.8 Å². The van der Waals surface area contributed by atoms with Crippen molar-refractivity contribution < 1.29 is 34.0 Å². The molecular weight excluding hydrogens is 598 g/mol. The number of amides is 2. The topological polar surface area (TPSA) is 130 Å². The number of carbonyl (C=O) groups is 2. The average Bonchev–Trinajstić information content (AvgIpc) is 3.05. The third-order valence-corrected chi connectivity index (χ3v) is 8.51. The van der Waals surface area contributed by atoms with Gasteiger partial charge in [-0.1, -0.05) is 60.1 Å². The number of hydrogen-bond acceptors (Lipinski definition) is 8. The average molecular weight is 638 g/mol. The number of aliphatic hydroxyl groups excluding tert-OH is 1. The van der Waals surface area contributed by atoms with Gasteiger partial charge in [0, 0.05) is 42.3 Å². The van der Waals surface area contributed by atoms with Crippen LogP contribution in [0.1, 0.15) is 60.8 Å². The number of esters is 1. The van der Waals surface area contributed by atoms with Crippen LogP contribution in [-0.2, 0) is 31.2 Å². The Morgan fingerprint density at radius 1 is 1.02 bits per heavy atom. The molecule has 2 aliphatic heterocycles. The van der Waals surface area contributed by atoms with Crippen molar-refractivity contribution in [2.75, 3.05) is 38.1 Å². The molecule has 3 atom stereocenters. The number of benzene rings is 3. The van der Waals surface area contributed by atoms with Crippen LogP contribution in [0.2, 0.25) is 5.02 Å². The molecule has 0 unspecified atom stereocenters. The minimum atomic E-state index is -0.896. The molecule has 10 nitrogen and oxygen atoms in total. The summed E-state index contributed by atoms with van der Waals surface area (Å²) in [4.78, 5) is 26.3.